The lowest BCUT2D eigenvalue weighted by atomic mass is 9.96. The number of amides is 2. The van der Waals surface area contributed by atoms with E-state index in [9.17, 15) is 18.0 Å². The second-order valence-corrected chi connectivity index (χ2v) is 10.7. The first-order chi connectivity index (χ1) is 14.8. The maximum Gasteiger partial charge on any atom is 0.263 e. The van der Waals surface area contributed by atoms with Gasteiger partial charge in [0.15, 0.2) is 9.84 Å². The first-order valence-corrected chi connectivity index (χ1v) is 13.0. The highest BCUT2D eigenvalue weighted by Crippen LogP contribution is 2.22. The van der Waals surface area contributed by atoms with Gasteiger partial charge in [0.2, 0.25) is 5.91 Å². The number of hydrogen-bond acceptors (Lipinski definition) is 6. The first-order valence-electron chi connectivity index (χ1n) is 10.3. The number of sulfone groups is 1. The zero-order valence-corrected chi connectivity index (χ0v) is 19.5. The predicted molar refractivity (Wildman–Crippen MR) is 120 cm³/mol. The van der Waals surface area contributed by atoms with Crippen LogP contribution in [0.25, 0.3) is 0 Å². The largest absolute Gasteiger partial charge is 0.493 e. The second kappa shape index (κ2) is 10.3. The van der Waals surface area contributed by atoms with E-state index in [1.165, 1.54) is 23.5 Å². The topological polar surface area (TPSA) is 84.0 Å². The molecule has 168 valence electrons. The highest BCUT2D eigenvalue weighted by atomic mass is 32.2. The van der Waals surface area contributed by atoms with Crippen LogP contribution in [-0.4, -0.2) is 69.6 Å². The average Bonchev–Trinajstić information content (AvgIpc) is 3.30. The summed E-state index contributed by atoms with van der Waals surface area (Å²) in [6.45, 7) is 2.04. The normalized spacial score (nSPS) is 16.7. The number of piperidine rings is 1. The lowest BCUT2D eigenvalue weighted by Crippen LogP contribution is -2.46. The molecule has 3 rings (SSSR count). The second-order valence-electron chi connectivity index (χ2n) is 7.78. The molecule has 1 unspecified atom stereocenters. The van der Waals surface area contributed by atoms with Gasteiger partial charge in [0.05, 0.1) is 22.3 Å². The molecule has 0 aliphatic carbocycles. The van der Waals surface area contributed by atoms with Crippen molar-refractivity contribution in [1.82, 2.24) is 9.80 Å². The van der Waals surface area contributed by atoms with Crippen LogP contribution >= 0.6 is 11.3 Å². The summed E-state index contributed by atoms with van der Waals surface area (Å²) in [6.07, 6.45) is 3.39. The highest BCUT2D eigenvalue weighted by molar-refractivity contribution is 7.90. The van der Waals surface area contributed by atoms with Crippen LogP contribution in [0.4, 0.5) is 0 Å². The summed E-state index contributed by atoms with van der Waals surface area (Å²) >= 11 is 1.42. The van der Waals surface area contributed by atoms with E-state index in [1.807, 2.05) is 17.5 Å². The van der Waals surface area contributed by atoms with Crippen LogP contribution in [0.3, 0.4) is 0 Å². The molecule has 31 heavy (non-hydrogen) atoms. The van der Waals surface area contributed by atoms with Gasteiger partial charge in [-0.1, -0.05) is 12.1 Å². The Hall–Kier alpha value is -2.39. The monoisotopic (exact) mass is 464 g/mol. The van der Waals surface area contributed by atoms with Gasteiger partial charge in [-0.3, -0.25) is 9.59 Å². The maximum atomic E-state index is 12.9. The Balaban J connectivity index is 1.45. The number of thiophene rings is 1. The number of likely N-dealkylation sites (tertiary alicyclic amines) is 1. The van der Waals surface area contributed by atoms with Crippen molar-refractivity contribution in [2.45, 2.75) is 24.2 Å². The molecule has 1 aromatic carbocycles. The van der Waals surface area contributed by atoms with Crippen LogP contribution in [0.15, 0.2) is 46.7 Å². The third-order valence-electron chi connectivity index (χ3n) is 5.31. The van der Waals surface area contributed by atoms with Gasteiger partial charge in [-0.05, 0) is 48.9 Å². The van der Waals surface area contributed by atoms with E-state index in [0.29, 0.717) is 43.3 Å². The summed E-state index contributed by atoms with van der Waals surface area (Å²) in [6, 6.07) is 10.1. The molecule has 1 fully saturated rings. The molecule has 7 nitrogen and oxygen atoms in total. The number of carbonyl (C=O) groups is 2. The molecule has 1 aliphatic heterocycles. The van der Waals surface area contributed by atoms with Crippen molar-refractivity contribution in [2.75, 3.05) is 39.5 Å². The van der Waals surface area contributed by atoms with Gasteiger partial charge in [-0.25, -0.2) is 8.42 Å². The van der Waals surface area contributed by atoms with E-state index in [2.05, 4.69) is 0 Å². The Bertz CT molecular complexity index is 1000. The molecule has 0 bridgehead atoms. The van der Waals surface area contributed by atoms with Gasteiger partial charge in [0, 0.05) is 32.9 Å². The molecule has 9 heteroatoms. The van der Waals surface area contributed by atoms with Crippen LogP contribution in [-0.2, 0) is 14.6 Å². The Morgan fingerprint density at radius 3 is 2.77 bits per heavy atom. The summed E-state index contributed by atoms with van der Waals surface area (Å²) in [7, 11) is -1.51. The molecule has 2 amide bonds. The summed E-state index contributed by atoms with van der Waals surface area (Å²) in [4.78, 5) is 29.8. The fourth-order valence-corrected chi connectivity index (χ4v) is 4.97. The summed E-state index contributed by atoms with van der Waals surface area (Å²) in [5.41, 5.74) is 0. The molecule has 1 aromatic heterocycles. The summed E-state index contributed by atoms with van der Waals surface area (Å²) < 4.78 is 28.9. The molecule has 2 aromatic rings. The summed E-state index contributed by atoms with van der Waals surface area (Å²) in [5.74, 6) is 0.351. The standard InChI is InChI=1S/C22H28N2O5S2/c1-23(11-6-13-29-18-8-3-9-19(15-18)31(2,27)28)21(25)17-7-4-12-24(16-17)22(26)20-10-5-14-30-20/h3,5,8-10,14-15,17H,4,6-7,11-13,16H2,1-2H3. The van der Waals surface area contributed by atoms with Crippen LogP contribution in [0.1, 0.15) is 28.9 Å². The highest BCUT2D eigenvalue weighted by Gasteiger charge is 2.30. The molecule has 1 saturated heterocycles. The van der Waals surface area contributed by atoms with Crippen molar-refractivity contribution in [3.8, 4) is 5.75 Å². The average molecular weight is 465 g/mol. The SMILES string of the molecule is CN(CCCOc1cccc(S(C)(=O)=O)c1)C(=O)C1CCCN(C(=O)c2cccs2)C1. The van der Waals surface area contributed by atoms with Crippen LogP contribution < -0.4 is 4.74 Å². The van der Waals surface area contributed by atoms with Crippen LogP contribution in [0.2, 0.25) is 0 Å². The summed E-state index contributed by atoms with van der Waals surface area (Å²) in [5, 5.41) is 1.88. The van der Waals surface area contributed by atoms with E-state index in [4.69, 9.17) is 4.74 Å². The van der Waals surface area contributed by atoms with Gasteiger partial charge in [0.1, 0.15) is 5.75 Å². The van der Waals surface area contributed by atoms with E-state index in [-0.39, 0.29) is 22.6 Å². The van der Waals surface area contributed by atoms with Gasteiger partial charge in [0.25, 0.3) is 5.91 Å². The fourth-order valence-electron chi connectivity index (χ4n) is 3.63. The molecule has 0 spiro atoms. The minimum absolute atomic E-state index is 0.000114. The smallest absolute Gasteiger partial charge is 0.263 e. The molecule has 0 radical (unpaired) electrons. The predicted octanol–water partition coefficient (Wildman–Crippen LogP) is 2.93. The molecule has 0 saturated carbocycles. The number of rotatable bonds is 8. The Morgan fingerprint density at radius 1 is 1.26 bits per heavy atom. The van der Waals surface area contributed by atoms with Crippen molar-refractivity contribution < 1.29 is 22.7 Å². The Kier molecular flexibility index (Phi) is 7.72. The van der Waals surface area contributed by atoms with Crippen molar-refractivity contribution in [3.05, 3.63) is 46.7 Å². The van der Waals surface area contributed by atoms with E-state index in [1.54, 1.807) is 29.0 Å². The zero-order valence-electron chi connectivity index (χ0n) is 17.8. The molecule has 1 aliphatic rings. The van der Waals surface area contributed by atoms with Crippen molar-refractivity contribution in [2.24, 2.45) is 5.92 Å². The molecular weight excluding hydrogens is 436 g/mol. The molecule has 0 N–H and O–H groups in total. The third-order valence-corrected chi connectivity index (χ3v) is 7.27. The molecule has 1 atom stereocenters. The Morgan fingerprint density at radius 2 is 2.06 bits per heavy atom. The zero-order chi connectivity index (χ0) is 22.4. The van der Waals surface area contributed by atoms with Crippen molar-refractivity contribution in [1.29, 1.82) is 0 Å². The first kappa shape index (κ1) is 23.3. The number of carbonyl (C=O) groups excluding carboxylic acids is 2. The number of nitrogens with zero attached hydrogens (tertiary/aromatic N) is 2. The maximum absolute atomic E-state index is 12.9. The van der Waals surface area contributed by atoms with Gasteiger partial charge >= 0.3 is 0 Å². The van der Waals surface area contributed by atoms with E-state index in [0.717, 1.165) is 19.1 Å². The minimum Gasteiger partial charge on any atom is -0.493 e. The van der Waals surface area contributed by atoms with Crippen molar-refractivity contribution >= 4 is 33.0 Å². The van der Waals surface area contributed by atoms with Gasteiger partial charge < -0.3 is 14.5 Å². The lowest BCUT2D eigenvalue weighted by Gasteiger charge is -2.33. The van der Waals surface area contributed by atoms with Gasteiger partial charge in [-0.2, -0.15) is 0 Å². The number of hydrogen-bond donors (Lipinski definition) is 0. The Labute approximate surface area is 187 Å². The van der Waals surface area contributed by atoms with Crippen LogP contribution in [0.5, 0.6) is 5.75 Å². The number of benzene rings is 1. The van der Waals surface area contributed by atoms with Crippen molar-refractivity contribution in [3.63, 3.8) is 0 Å². The van der Waals surface area contributed by atoms with Gasteiger partial charge in [-0.15, -0.1) is 11.3 Å². The minimum atomic E-state index is -3.28. The number of ether oxygens (including phenoxy) is 1. The fraction of sp³-hybridized carbons (Fsp3) is 0.455. The van der Waals surface area contributed by atoms with E-state index >= 15 is 0 Å². The van der Waals surface area contributed by atoms with E-state index < -0.39 is 9.84 Å². The third kappa shape index (κ3) is 6.30. The van der Waals surface area contributed by atoms with Crippen LogP contribution in [0, 0.1) is 5.92 Å². The molecular formula is C22H28N2O5S2. The molecule has 2 heterocycles. The lowest BCUT2D eigenvalue weighted by molar-refractivity contribution is -0.135. The quantitative estimate of drug-likeness (QED) is 0.561.